The summed E-state index contributed by atoms with van der Waals surface area (Å²) in [4.78, 5) is 15.8. The fourth-order valence-electron chi connectivity index (χ4n) is 1.22. The molecule has 0 aromatic rings. The number of carbonyl (C=O) groups excluding carboxylic acids is 1. The van der Waals surface area contributed by atoms with Gasteiger partial charge >= 0.3 is 0 Å². The Labute approximate surface area is 133 Å². The van der Waals surface area contributed by atoms with Crippen LogP contribution in [0.5, 0.6) is 0 Å². The zero-order valence-corrected chi connectivity index (χ0v) is 14.8. The average Bonchev–Trinajstić information content (AvgIpc) is 2.24. The average molecular weight is 386 g/mol. The molecule has 0 saturated heterocycles. The molecule has 0 unspecified atom stereocenters. The van der Waals surface area contributed by atoms with Gasteiger partial charge in [0.15, 0.2) is 5.96 Å². The highest BCUT2D eigenvalue weighted by Gasteiger charge is 2.13. The SMILES string of the molecule is CCNC(=NCC(=O)NC(C)(C)C)NCCOC.I. The van der Waals surface area contributed by atoms with Gasteiger partial charge in [0, 0.05) is 25.7 Å². The zero-order valence-electron chi connectivity index (χ0n) is 12.5. The van der Waals surface area contributed by atoms with Crippen molar-refractivity contribution in [3.63, 3.8) is 0 Å². The Hall–Kier alpha value is -0.570. The number of nitrogens with zero attached hydrogens (tertiary/aromatic N) is 1. The van der Waals surface area contributed by atoms with E-state index in [1.807, 2.05) is 27.7 Å². The van der Waals surface area contributed by atoms with E-state index in [2.05, 4.69) is 20.9 Å². The molecule has 7 heteroatoms. The lowest BCUT2D eigenvalue weighted by molar-refractivity contribution is -0.121. The molecule has 0 rings (SSSR count). The first-order chi connectivity index (χ1) is 8.39. The lowest BCUT2D eigenvalue weighted by Crippen LogP contribution is -2.43. The standard InChI is InChI=1S/C12H26N4O2.HI/c1-6-13-11(14-7-8-18-5)15-9-10(17)16-12(2,3)4;/h6-9H2,1-5H3,(H,16,17)(H2,13,14,15);1H. The maximum atomic E-state index is 11.6. The van der Waals surface area contributed by atoms with E-state index < -0.39 is 0 Å². The summed E-state index contributed by atoms with van der Waals surface area (Å²) in [6.45, 7) is 9.91. The molecule has 0 spiro atoms. The summed E-state index contributed by atoms with van der Waals surface area (Å²) < 4.78 is 4.94. The first-order valence-corrected chi connectivity index (χ1v) is 6.21. The van der Waals surface area contributed by atoms with Gasteiger partial charge in [0.1, 0.15) is 6.54 Å². The Bertz CT molecular complexity index is 277. The minimum absolute atomic E-state index is 0. The van der Waals surface area contributed by atoms with E-state index in [0.29, 0.717) is 19.1 Å². The van der Waals surface area contributed by atoms with Crippen LogP contribution in [0.1, 0.15) is 27.7 Å². The van der Waals surface area contributed by atoms with Crippen LogP contribution in [0.15, 0.2) is 4.99 Å². The molecular formula is C12H27IN4O2. The Kier molecular flexibility index (Phi) is 12.3. The molecule has 0 atom stereocenters. The van der Waals surface area contributed by atoms with Gasteiger partial charge in [0.05, 0.1) is 6.61 Å². The molecule has 114 valence electrons. The van der Waals surface area contributed by atoms with Crippen LogP contribution in [0.4, 0.5) is 0 Å². The van der Waals surface area contributed by atoms with Crippen LogP contribution in [0.25, 0.3) is 0 Å². The smallest absolute Gasteiger partial charge is 0.242 e. The van der Waals surface area contributed by atoms with Crippen molar-refractivity contribution in [2.45, 2.75) is 33.2 Å². The van der Waals surface area contributed by atoms with Crippen molar-refractivity contribution in [1.82, 2.24) is 16.0 Å². The molecule has 0 bridgehead atoms. The second-order valence-corrected chi connectivity index (χ2v) is 4.91. The van der Waals surface area contributed by atoms with Crippen molar-refractivity contribution in [3.8, 4) is 0 Å². The van der Waals surface area contributed by atoms with Gasteiger partial charge in [-0.2, -0.15) is 0 Å². The number of halogens is 1. The number of rotatable bonds is 6. The van der Waals surface area contributed by atoms with Crippen LogP contribution < -0.4 is 16.0 Å². The molecule has 3 N–H and O–H groups in total. The van der Waals surface area contributed by atoms with Crippen molar-refractivity contribution < 1.29 is 9.53 Å². The summed E-state index contributed by atoms with van der Waals surface area (Å²) in [5.41, 5.74) is -0.228. The van der Waals surface area contributed by atoms with Gasteiger partial charge in [-0.05, 0) is 27.7 Å². The van der Waals surface area contributed by atoms with Crippen molar-refractivity contribution in [2.75, 3.05) is 33.4 Å². The first kappa shape index (κ1) is 20.7. The van der Waals surface area contributed by atoms with Crippen LogP contribution in [0.3, 0.4) is 0 Å². The van der Waals surface area contributed by atoms with E-state index in [1.165, 1.54) is 0 Å². The maximum absolute atomic E-state index is 11.6. The van der Waals surface area contributed by atoms with Gasteiger partial charge in [0.25, 0.3) is 0 Å². The molecule has 0 aromatic carbocycles. The molecule has 0 saturated carbocycles. The van der Waals surface area contributed by atoms with Crippen LogP contribution in [0, 0.1) is 0 Å². The third-order valence-electron chi connectivity index (χ3n) is 1.84. The Morgan fingerprint density at radius 3 is 2.37 bits per heavy atom. The summed E-state index contributed by atoms with van der Waals surface area (Å²) in [5, 5.41) is 8.99. The monoisotopic (exact) mass is 386 g/mol. The van der Waals surface area contributed by atoms with E-state index in [1.54, 1.807) is 7.11 Å². The number of guanidine groups is 1. The van der Waals surface area contributed by atoms with E-state index in [4.69, 9.17) is 4.74 Å². The Morgan fingerprint density at radius 2 is 1.89 bits per heavy atom. The summed E-state index contributed by atoms with van der Waals surface area (Å²) in [5.74, 6) is 0.532. The lowest BCUT2D eigenvalue weighted by atomic mass is 10.1. The third-order valence-corrected chi connectivity index (χ3v) is 1.84. The predicted octanol–water partition coefficient (Wildman–Crippen LogP) is 0.721. The van der Waals surface area contributed by atoms with Crippen molar-refractivity contribution in [2.24, 2.45) is 4.99 Å². The normalized spacial score (nSPS) is 11.5. The quantitative estimate of drug-likeness (QED) is 0.272. The molecule has 19 heavy (non-hydrogen) atoms. The number of amides is 1. The van der Waals surface area contributed by atoms with Gasteiger partial charge in [0.2, 0.25) is 5.91 Å². The van der Waals surface area contributed by atoms with Gasteiger partial charge in [-0.25, -0.2) is 4.99 Å². The third kappa shape index (κ3) is 13.7. The molecule has 0 aliphatic heterocycles. The van der Waals surface area contributed by atoms with Crippen LogP contribution in [0.2, 0.25) is 0 Å². The summed E-state index contributed by atoms with van der Waals surface area (Å²) in [6, 6.07) is 0. The number of hydrogen-bond donors (Lipinski definition) is 3. The first-order valence-electron chi connectivity index (χ1n) is 6.21. The predicted molar refractivity (Wildman–Crippen MR) is 89.2 cm³/mol. The van der Waals surface area contributed by atoms with Crippen LogP contribution >= 0.6 is 24.0 Å². The van der Waals surface area contributed by atoms with E-state index in [0.717, 1.165) is 6.54 Å². The molecular weight excluding hydrogens is 359 g/mol. The fraction of sp³-hybridized carbons (Fsp3) is 0.833. The second kappa shape index (κ2) is 11.3. The lowest BCUT2D eigenvalue weighted by Gasteiger charge is -2.20. The van der Waals surface area contributed by atoms with E-state index in [-0.39, 0.29) is 42.0 Å². The van der Waals surface area contributed by atoms with Gasteiger partial charge in [-0.15, -0.1) is 24.0 Å². The molecule has 0 aliphatic carbocycles. The minimum atomic E-state index is -0.228. The highest BCUT2D eigenvalue weighted by molar-refractivity contribution is 14.0. The molecule has 0 fully saturated rings. The molecule has 1 amide bonds. The van der Waals surface area contributed by atoms with Crippen molar-refractivity contribution in [1.29, 1.82) is 0 Å². The highest BCUT2D eigenvalue weighted by Crippen LogP contribution is 1.97. The largest absolute Gasteiger partial charge is 0.383 e. The van der Waals surface area contributed by atoms with Gasteiger partial charge in [-0.1, -0.05) is 0 Å². The highest BCUT2D eigenvalue weighted by atomic mass is 127. The Balaban J connectivity index is 0. The molecule has 0 aliphatic rings. The summed E-state index contributed by atoms with van der Waals surface area (Å²) >= 11 is 0. The number of aliphatic imine (C=N–C) groups is 1. The van der Waals surface area contributed by atoms with Crippen LogP contribution in [-0.4, -0.2) is 50.8 Å². The van der Waals surface area contributed by atoms with Gasteiger partial charge < -0.3 is 20.7 Å². The molecule has 0 aromatic heterocycles. The van der Waals surface area contributed by atoms with Crippen LogP contribution in [-0.2, 0) is 9.53 Å². The minimum Gasteiger partial charge on any atom is -0.383 e. The van der Waals surface area contributed by atoms with Gasteiger partial charge in [-0.3, -0.25) is 4.79 Å². The summed E-state index contributed by atoms with van der Waals surface area (Å²) in [6.07, 6.45) is 0. The molecule has 0 heterocycles. The topological polar surface area (TPSA) is 74.8 Å². The number of nitrogens with one attached hydrogen (secondary N) is 3. The second-order valence-electron chi connectivity index (χ2n) is 4.91. The fourth-order valence-corrected chi connectivity index (χ4v) is 1.22. The van der Waals surface area contributed by atoms with Crippen molar-refractivity contribution in [3.05, 3.63) is 0 Å². The summed E-state index contributed by atoms with van der Waals surface area (Å²) in [7, 11) is 1.64. The number of carbonyl (C=O) groups is 1. The van der Waals surface area contributed by atoms with E-state index >= 15 is 0 Å². The number of ether oxygens (including phenoxy) is 1. The van der Waals surface area contributed by atoms with Crippen molar-refractivity contribution >= 4 is 35.8 Å². The maximum Gasteiger partial charge on any atom is 0.242 e. The molecule has 6 nitrogen and oxygen atoms in total. The Morgan fingerprint density at radius 1 is 1.26 bits per heavy atom. The number of methoxy groups -OCH3 is 1. The van der Waals surface area contributed by atoms with E-state index in [9.17, 15) is 4.79 Å². The zero-order chi connectivity index (χ0) is 14.0. The number of hydrogen-bond acceptors (Lipinski definition) is 3. The molecule has 0 radical (unpaired) electrons.